The van der Waals surface area contributed by atoms with E-state index in [1.54, 1.807) is 6.07 Å². The molecule has 24 heavy (non-hydrogen) atoms. The molecule has 0 radical (unpaired) electrons. The van der Waals surface area contributed by atoms with Gasteiger partial charge >= 0.3 is 0 Å². The molecule has 1 aliphatic heterocycles. The minimum absolute atomic E-state index is 0.0209. The third kappa shape index (κ3) is 4.55. The largest absolute Gasteiger partial charge is 0.369 e. The summed E-state index contributed by atoms with van der Waals surface area (Å²) in [7, 11) is 0. The van der Waals surface area contributed by atoms with Crippen molar-refractivity contribution in [2.24, 2.45) is 0 Å². The van der Waals surface area contributed by atoms with Gasteiger partial charge in [-0.3, -0.25) is 9.69 Å². The highest BCUT2D eigenvalue weighted by atomic mass is 19.1. The van der Waals surface area contributed by atoms with E-state index in [1.165, 1.54) is 17.8 Å². The lowest BCUT2D eigenvalue weighted by molar-refractivity contribution is -0.122. The number of halogens is 1. The molecule has 0 saturated carbocycles. The molecule has 0 bridgehead atoms. The second kappa shape index (κ2) is 7.93. The number of rotatable bonds is 5. The SMILES string of the molecule is O=C(CN1CCN(c2ccccc2)CC1)NCc1cccc(F)c1. The fourth-order valence-electron chi connectivity index (χ4n) is 2.91. The van der Waals surface area contributed by atoms with Crippen molar-refractivity contribution in [1.29, 1.82) is 0 Å². The summed E-state index contributed by atoms with van der Waals surface area (Å²) < 4.78 is 13.1. The van der Waals surface area contributed by atoms with E-state index < -0.39 is 0 Å². The lowest BCUT2D eigenvalue weighted by Crippen LogP contribution is -2.49. The molecule has 2 aromatic carbocycles. The van der Waals surface area contributed by atoms with Gasteiger partial charge in [0.2, 0.25) is 5.91 Å². The van der Waals surface area contributed by atoms with Crippen LogP contribution in [0.4, 0.5) is 10.1 Å². The summed E-state index contributed by atoms with van der Waals surface area (Å²) in [6, 6.07) is 16.6. The fraction of sp³-hybridized carbons (Fsp3) is 0.316. The van der Waals surface area contributed by atoms with Gasteiger partial charge < -0.3 is 10.2 Å². The molecule has 1 aliphatic rings. The van der Waals surface area contributed by atoms with Crippen LogP contribution in [-0.4, -0.2) is 43.5 Å². The summed E-state index contributed by atoms with van der Waals surface area (Å²) in [5, 5.41) is 2.86. The zero-order chi connectivity index (χ0) is 16.8. The third-order valence-electron chi connectivity index (χ3n) is 4.24. The minimum Gasteiger partial charge on any atom is -0.369 e. The van der Waals surface area contributed by atoms with Gasteiger partial charge in [0.15, 0.2) is 0 Å². The van der Waals surface area contributed by atoms with Crippen LogP contribution in [0.2, 0.25) is 0 Å². The van der Waals surface area contributed by atoms with Crippen LogP contribution in [0, 0.1) is 5.82 Å². The molecule has 3 rings (SSSR count). The minimum atomic E-state index is -0.279. The number of nitrogens with one attached hydrogen (secondary N) is 1. The van der Waals surface area contributed by atoms with Gasteiger partial charge in [-0.05, 0) is 29.8 Å². The zero-order valence-electron chi connectivity index (χ0n) is 13.6. The average molecular weight is 327 g/mol. The van der Waals surface area contributed by atoms with E-state index in [4.69, 9.17) is 0 Å². The number of piperazine rings is 1. The molecule has 126 valence electrons. The molecule has 1 heterocycles. The Balaban J connectivity index is 1.42. The van der Waals surface area contributed by atoms with Crippen molar-refractivity contribution in [2.75, 3.05) is 37.6 Å². The Morgan fingerprint density at radius 3 is 2.46 bits per heavy atom. The van der Waals surface area contributed by atoms with Crippen molar-refractivity contribution in [1.82, 2.24) is 10.2 Å². The van der Waals surface area contributed by atoms with Crippen LogP contribution in [0.5, 0.6) is 0 Å². The Labute approximate surface area is 141 Å². The van der Waals surface area contributed by atoms with Gasteiger partial charge in [0.25, 0.3) is 0 Å². The zero-order valence-corrected chi connectivity index (χ0v) is 13.6. The smallest absolute Gasteiger partial charge is 0.234 e. The van der Waals surface area contributed by atoms with Crippen molar-refractivity contribution in [3.8, 4) is 0 Å². The third-order valence-corrected chi connectivity index (χ3v) is 4.24. The van der Waals surface area contributed by atoms with E-state index in [1.807, 2.05) is 24.3 Å². The standard InChI is InChI=1S/C19H22FN3O/c20-17-6-4-5-16(13-17)14-21-19(24)15-22-9-11-23(12-10-22)18-7-2-1-3-8-18/h1-8,13H,9-12,14-15H2,(H,21,24). The van der Waals surface area contributed by atoms with Gasteiger partial charge in [0.1, 0.15) is 5.82 Å². The van der Waals surface area contributed by atoms with Gasteiger partial charge in [0, 0.05) is 38.4 Å². The number of amides is 1. The molecule has 5 heteroatoms. The molecule has 0 aliphatic carbocycles. The summed E-state index contributed by atoms with van der Waals surface area (Å²) >= 11 is 0. The number of nitrogens with zero attached hydrogens (tertiary/aromatic N) is 2. The Bertz CT molecular complexity index is 669. The first kappa shape index (κ1) is 16.5. The maximum atomic E-state index is 13.1. The van der Waals surface area contributed by atoms with Crippen molar-refractivity contribution in [2.45, 2.75) is 6.54 Å². The molecule has 2 aromatic rings. The number of hydrogen-bond acceptors (Lipinski definition) is 3. The number of carbonyl (C=O) groups excluding carboxylic acids is 1. The molecule has 1 N–H and O–H groups in total. The van der Waals surface area contributed by atoms with Gasteiger partial charge in [0.05, 0.1) is 6.54 Å². The van der Waals surface area contributed by atoms with Crippen LogP contribution in [0.15, 0.2) is 54.6 Å². The summed E-state index contributed by atoms with van der Waals surface area (Å²) in [5.41, 5.74) is 2.00. The predicted molar refractivity (Wildman–Crippen MR) is 93.3 cm³/mol. The molecule has 1 fully saturated rings. The van der Waals surface area contributed by atoms with Gasteiger partial charge in [-0.1, -0.05) is 30.3 Å². The number of hydrogen-bond donors (Lipinski definition) is 1. The summed E-state index contributed by atoms with van der Waals surface area (Å²) in [5.74, 6) is -0.300. The van der Waals surface area contributed by atoms with Crippen molar-refractivity contribution < 1.29 is 9.18 Å². The first-order chi connectivity index (χ1) is 11.7. The molecule has 1 saturated heterocycles. The van der Waals surface area contributed by atoms with Gasteiger partial charge in [-0.25, -0.2) is 4.39 Å². The Hall–Kier alpha value is -2.40. The molecular formula is C19H22FN3O. The summed E-state index contributed by atoms with van der Waals surface area (Å²) in [6.45, 7) is 4.31. The summed E-state index contributed by atoms with van der Waals surface area (Å²) in [4.78, 5) is 16.5. The van der Waals surface area contributed by atoms with Crippen LogP contribution in [0.1, 0.15) is 5.56 Å². The summed E-state index contributed by atoms with van der Waals surface area (Å²) in [6.07, 6.45) is 0. The lowest BCUT2D eigenvalue weighted by Gasteiger charge is -2.35. The van der Waals surface area contributed by atoms with E-state index >= 15 is 0 Å². The molecule has 0 aromatic heterocycles. The number of benzene rings is 2. The molecule has 0 unspecified atom stereocenters. The van der Waals surface area contributed by atoms with E-state index in [9.17, 15) is 9.18 Å². The first-order valence-electron chi connectivity index (χ1n) is 8.24. The first-order valence-corrected chi connectivity index (χ1v) is 8.24. The van der Waals surface area contributed by atoms with E-state index in [0.717, 1.165) is 31.7 Å². The quantitative estimate of drug-likeness (QED) is 0.915. The normalized spacial score (nSPS) is 15.3. The highest BCUT2D eigenvalue weighted by molar-refractivity contribution is 5.78. The molecule has 4 nitrogen and oxygen atoms in total. The molecule has 0 spiro atoms. The van der Waals surface area contributed by atoms with Crippen LogP contribution in [0.3, 0.4) is 0 Å². The Morgan fingerprint density at radius 1 is 1.00 bits per heavy atom. The van der Waals surface area contributed by atoms with Gasteiger partial charge in [-0.2, -0.15) is 0 Å². The van der Waals surface area contributed by atoms with E-state index in [0.29, 0.717) is 13.1 Å². The second-order valence-electron chi connectivity index (χ2n) is 6.01. The van der Waals surface area contributed by atoms with E-state index in [2.05, 4.69) is 27.2 Å². The van der Waals surface area contributed by atoms with Crippen LogP contribution >= 0.6 is 0 Å². The predicted octanol–water partition coefficient (Wildman–Crippen LogP) is 2.26. The van der Waals surface area contributed by atoms with Crippen LogP contribution in [-0.2, 0) is 11.3 Å². The maximum absolute atomic E-state index is 13.1. The van der Waals surface area contributed by atoms with Crippen LogP contribution < -0.4 is 10.2 Å². The highest BCUT2D eigenvalue weighted by Crippen LogP contribution is 2.15. The average Bonchev–Trinajstić information content (AvgIpc) is 2.61. The van der Waals surface area contributed by atoms with E-state index in [-0.39, 0.29) is 11.7 Å². The maximum Gasteiger partial charge on any atom is 0.234 e. The number of carbonyl (C=O) groups is 1. The topological polar surface area (TPSA) is 35.6 Å². The van der Waals surface area contributed by atoms with Crippen molar-refractivity contribution in [3.63, 3.8) is 0 Å². The fourth-order valence-corrected chi connectivity index (χ4v) is 2.91. The molecule has 1 amide bonds. The van der Waals surface area contributed by atoms with Gasteiger partial charge in [-0.15, -0.1) is 0 Å². The lowest BCUT2D eigenvalue weighted by atomic mass is 10.2. The van der Waals surface area contributed by atoms with Crippen molar-refractivity contribution >= 4 is 11.6 Å². The highest BCUT2D eigenvalue weighted by Gasteiger charge is 2.18. The van der Waals surface area contributed by atoms with Crippen LogP contribution in [0.25, 0.3) is 0 Å². The molecule has 0 atom stereocenters. The second-order valence-corrected chi connectivity index (χ2v) is 6.01. The van der Waals surface area contributed by atoms with Crippen molar-refractivity contribution in [3.05, 3.63) is 66.0 Å². The number of para-hydroxylation sites is 1. The number of anilines is 1. The molecular weight excluding hydrogens is 305 g/mol. The Kier molecular flexibility index (Phi) is 5.43. The Morgan fingerprint density at radius 2 is 1.75 bits per heavy atom. The monoisotopic (exact) mass is 327 g/mol.